The summed E-state index contributed by atoms with van der Waals surface area (Å²) in [5, 5.41) is 33.1. The fourth-order valence-electron chi connectivity index (χ4n) is 3.91. The van der Waals surface area contributed by atoms with Gasteiger partial charge in [0.2, 0.25) is 0 Å². The van der Waals surface area contributed by atoms with Gasteiger partial charge >= 0.3 is 0 Å². The lowest BCUT2D eigenvalue weighted by atomic mass is 10.0. The van der Waals surface area contributed by atoms with E-state index in [-0.39, 0.29) is 6.04 Å². The normalized spacial score (nSPS) is 28.9. The number of anilines is 1. The van der Waals surface area contributed by atoms with Gasteiger partial charge in [0.15, 0.2) is 23.2 Å². The Balaban J connectivity index is 1.47. The average molecular weight is 399 g/mol. The zero-order chi connectivity index (χ0) is 20.0. The molecular weight excluding hydrogens is 378 g/mol. The molecule has 2 aliphatic heterocycles. The Morgan fingerprint density at radius 2 is 2.00 bits per heavy atom. The first-order valence-electron chi connectivity index (χ1n) is 9.45. The van der Waals surface area contributed by atoms with Crippen LogP contribution in [-0.4, -0.2) is 66.4 Å². The largest absolute Gasteiger partial charge is 0.493 e. The van der Waals surface area contributed by atoms with Crippen LogP contribution in [0.3, 0.4) is 0 Å². The van der Waals surface area contributed by atoms with Crippen LogP contribution in [0, 0.1) is 0 Å². The molecule has 1 unspecified atom stereocenters. The molecular formula is C19H21N5O5. The molecule has 1 saturated heterocycles. The van der Waals surface area contributed by atoms with Crippen molar-refractivity contribution >= 4 is 17.0 Å². The van der Waals surface area contributed by atoms with Crippen molar-refractivity contribution in [2.24, 2.45) is 0 Å². The zero-order valence-electron chi connectivity index (χ0n) is 15.4. The van der Waals surface area contributed by atoms with Crippen LogP contribution >= 0.6 is 0 Å². The Hall–Kier alpha value is -2.79. The second kappa shape index (κ2) is 7.23. The van der Waals surface area contributed by atoms with Gasteiger partial charge in [-0.05, 0) is 6.07 Å². The van der Waals surface area contributed by atoms with Crippen molar-refractivity contribution in [3.63, 3.8) is 0 Å². The van der Waals surface area contributed by atoms with Gasteiger partial charge in [0.1, 0.15) is 30.4 Å². The molecule has 0 saturated carbocycles. The van der Waals surface area contributed by atoms with E-state index in [0.717, 1.165) is 17.7 Å². The molecule has 10 nitrogen and oxygen atoms in total. The van der Waals surface area contributed by atoms with E-state index in [9.17, 15) is 15.3 Å². The number of nitrogens with one attached hydrogen (secondary N) is 1. The molecule has 2 aliphatic rings. The number of aromatic nitrogens is 4. The molecule has 0 aliphatic carbocycles. The molecule has 0 spiro atoms. The minimum absolute atomic E-state index is 0.0112. The van der Waals surface area contributed by atoms with Gasteiger partial charge in [-0.25, -0.2) is 15.0 Å². The average Bonchev–Trinajstić information content (AvgIpc) is 3.30. The van der Waals surface area contributed by atoms with Crippen LogP contribution in [0.1, 0.15) is 24.3 Å². The third-order valence-electron chi connectivity index (χ3n) is 5.42. The van der Waals surface area contributed by atoms with E-state index in [1.165, 1.54) is 12.7 Å². The Morgan fingerprint density at radius 1 is 1.14 bits per heavy atom. The number of para-hydroxylation sites is 1. The standard InChI is InChI=1S/C19H21N5O5/c25-7-13-15(26)16(27)19(29-13)24-9-22-14-17(20-8-21-18(14)24)23-11-5-6-28-12-4-2-1-3-10(11)12/h1-4,8-9,11,13,15-16,19,25-27H,5-7H2,(H,20,21,23)/t11?,13-,15-,16-,19-/m1/s1. The molecule has 1 aromatic carbocycles. The number of benzene rings is 1. The van der Waals surface area contributed by atoms with Crippen LogP contribution in [-0.2, 0) is 4.74 Å². The first-order chi connectivity index (χ1) is 14.2. The SMILES string of the molecule is OC[C@H]1O[C@@H](n2cnc3c(NC4CCOc5ccccc54)ncnc32)[C@H](O)[C@@H]1O. The fourth-order valence-corrected chi connectivity index (χ4v) is 3.91. The van der Waals surface area contributed by atoms with E-state index in [1.807, 2.05) is 24.3 Å². The molecule has 0 bridgehead atoms. The summed E-state index contributed by atoms with van der Waals surface area (Å²) in [4.78, 5) is 13.0. The molecule has 3 aromatic rings. The highest BCUT2D eigenvalue weighted by atomic mass is 16.6. The number of hydrogen-bond acceptors (Lipinski definition) is 9. The van der Waals surface area contributed by atoms with Crippen molar-refractivity contribution in [1.29, 1.82) is 0 Å². The van der Waals surface area contributed by atoms with Crippen LogP contribution in [0.2, 0.25) is 0 Å². The van der Waals surface area contributed by atoms with Crippen molar-refractivity contribution < 1.29 is 24.8 Å². The van der Waals surface area contributed by atoms with Gasteiger partial charge in [-0.3, -0.25) is 4.57 Å². The topological polar surface area (TPSA) is 135 Å². The Labute approximate surface area is 165 Å². The van der Waals surface area contributed by atoms with E-state index in [0.29, 0.717) is 23.6 Å². The highest BCUT2D eigenvalue weighted by molar-refractivity contribution is 5.83. The number of nitrogens with zero attached hydrogens (tertiary/aromatic N) is 4. The van der Waals surface area contributed by atoms with Crippen molar-refractivity contribution in [1.82, 2.24) is 19.5 Å². The maximum absolute atomic E-state index is 10.3. The number of aliphatic hydroxyl groups is 3. The number of aliphatic hydroxyl groups excluding tert-OH is 3. The van der Waals surface area contributed by atoms with Gasteiger partial charge in [0.05, 0.1) is 25.6 Å². The highest BCUT2D eigenvalue weighted by Gasteiger charge is 2.44. The van der Waals surface area contributed by atoms with Gasteiger partial charge in [-0.15, -0.1) is 0 Å². The third-order valence-corrected chi connectivity index (χ3v) is 5.42. The molecule has 0 amide bonds. The molecule has 1 fully saturated rings. The second-order valence-electron chi connectivity index (χ2n) is 7.15. The monoisotopic (exact) mass is 399 g/mol. The summed E-state index contributed by atoms with van der Waals surface area (Å²) in [5.74, 6) is 1.40. The fraction of sp³-hybridized carbons (Fsp3) is 0.421. The van der Waals surface area contributed by atoms with Gasteiger partial charge in [0, 0.05) is 12.0 Å². The number of rotatable bonds is 4. The maximum atomic E-state index is 10.3. The molecule has 4 N–H and O–H groups in total. The predicted octanol–water partition coefficient (Wildman–Crippen LogP) is 0.373. The first kappa shape index (κ1) is 18.3. The van der Waals surface area contributed by atoms with Crippen molar-refractivity contribution in [2.45, 2.75) is 37.0 Å². The van der Waals surface area contributed by atoms with Crippen molar-refractivity contribution in [3.05, 3.63) is 42.5 Å². The smallest absolute Gasteiger partial charge is 0.167 e. The minimum atomic E-state index is -1.21. The van der Waals surface area contributed by atoms with Crippen LogP contribution in [0.4, 0.5) is 5.82 Å². The van der Waals surface area contributed by atoms with E-state index in [1.54, 1.807) is 4.57 Å². The molecule has 5 atom stereocenters. The van der Waals surface area contributed by atoms with Crippen LogP contribution in [0.25, 0.3) is 11.2 Å². The predicted molar refractivity (Wildman–Crippen MR) is 101 cm³/mol. The van der Waals surface area contributed by atoms with Gasteiger partial charge in [-0.2, -0.15) is 0 Å². The Bertz CT molecular complexity index is 1030. The molecule has 152 valence electrons. The van der Waals surface area contributed by atoms with E-state index in [2.05, 4.69) is 20.3 Å². The lowest BCUT2D eigenvalue weighted by Gasteiger charge is -2.27. The summed E-state index contributed by atoms with van der Waals surface area (Å²) in [6.45, 7) is 0.201. The summed E-state index contributed by atoms with van der Waals surface area (Å²) in [6.07, 6.45) is -0.501. The Kier molecular flexibility index (Phi) is 4.55. The minimum Gasteiger partial charge on any atom is -0.493 e. The summed E-state index contributed by atoms with van der Waals surface area (Å²) >= 11 is 0. The quantitative estimate of drug-likeness (QED) is 0.491. The lowest BCUT2D eigenvalue weighted by Crippen LogP contribution is -2.33. The molecule has 29 heavy (non-hydrogen) atoms. The Morgan fingerprint density at radius 3 is 2.83 bits per heavy atom. The summed E-state index contributed by atoms with van der Waals surface area (Å²) in [6, 6.07) is 7.87. The third kappa shape index (κ3) is 3.01. The van der Waals surface area contributed by atoms with E-state index >= 15 is 0 Å². The summed E-state index contributed by atoms with van der Waals surface area (Å²) < 4.78 is 12.9. The molecule has 4 heterocycles. The summed E-state index contributed by atoms with van der Waals surface area (Å²) in [7, 11) is 0. The van der Waals surface area contributed by atoms with Gasteiger partial charge in [-0.1, -0.05) is 18.2 Å². The zero-order valence-corrected chi connectivity index (χ0v) is 15.4. The molecule has 2 aromatic heterocycles. The van der Waals surface area contributed by atoms with Crippen LogP contribution < -0.4 is 10.1 Å². The number of imidazole rings is 1. The van der Waals surface area contributed by atoms with Crippen LogP contribution in [0.15, 0.2) is 36.9 Å². The van der Waals surface area contributed by atoms with Gasteiger partial charge < -0.3 is 30.1 Å². The van der Waals surface area contributed by atoms with E-state index in [4.69, 9.17) is 9.47 Å². The summed E-state index contributed by atoms with van der Waals surface area (Å²) in [5.41, 5.74) is 2.03. The highest BCUT2D eigenvalue weighted by Crippen LogP contribution is 2.36. The molecule has 5 rings (SSSR count). The van der Waals surface area contributed by atoms with Crippen molar-refractivity contribution in [2.75, 3.05) is 18.5 Å². The van der Waals surface area contributed by atoms with E-state index < -0.39 is 31.1 Å². The van der Waals surface area contributed by atoms with Crippen LogP contribution in [0.5, 0.6) is 5.75 Å². The number of ether oxygens (including phenoxy) is 2. The molecule has 10 heteroatoms. The maximum Gasteiger partial charge on any atom is 0.167 e. The first-order valence-corrected chi connectivity index (χ1v) is 9.45. The lowest BCUT2D eigenvalue weighted by molar-refractivity contribution is -0.0511. The van der Waals surface area contributed by atoms with Crippen molar-refractivity contribution in [3.8, 4) is 5.75 Å². The number of fused-ring (bicyclic) bond motifs is 2. The number of hydrogen-bond donors (Lipinski definition) is 4. The van der Waals surface area contributed by atoms with Gasteiger partial charge in [0.25, 0.3) is 0 Å². The molecule has 0 radical (unpaired) electrons. The second-order valence-corrected chi connectivity index (χ2v) is 7.15.